The van der Waals surface area contributed by atoms with Gasteiger partial charge in [0.05, 0.1) is 24.6 Å². The first-order valence-electron chi connectivity index (χ1n) is 5.99. The predicted molar refractivity (Wildman–Crippen MR) is 65.8 cm³/mol. The van der Waals surface area contributed by atoms with Crippen molar-refractivity contribution in [1.82, 2.24) is 20.4 Å². The molecule has 1 aromatic rings. The summed E-state index contributed by atoms with van der Waals surface area (Å²) in [5, 5.41) is 9.81. The van der Waals surface area contributed by atoms with Crippen LogP contribution in [0.4, 0.5) is 4.39 Å². The van der Waals surface area contributed by atoms with Crippen molar-refractivity contribution in [1.29, 1.82) is 0 Å². The van der Waals surface area contributed by atoms with Gasteiger partial charge in [0.15, 0.2) is 0 Å². The highest BCUT2D eigenvalue weighted by atomic mass is 19.1. The molecule has 1 saturated carbocycles. The average molecular weight is 252 g/mol. The lowest BCUT2D eigenvalue weighted by Gasteiger charge is -2.04. The SMILES string of the molecule is CNC/C(=C\F)Cn1cc(C(=O)NC2CC2)cn1. The van der Waals surface area contributed by atoms with Gasteiger partial charge >= 0.3 is 0 Å². The van der Waals surface area contributed by atoms with Crippen LogP contribution in [-0.4, -0.2) is 35.3 Å². The number of nitrogens with one attached hydrogen (secondary N) is 2. The fraction of sp³-hybridized carbons (Fsp3) is 0.500. The molecule has 0 radical (unpaired) electrons. The molecule has 1 heterocycles. The van der Waals surface area contributed by atoms with Crippen LogP contribution >= 0.6 is 0 Å². The summed E-state index contributed by atoms with van der Waals surface area (Å²) >= 11 is 0. The van der Waals surface area contributed by atoms with Crippen LogP contribution in [0.3, 0.4) is 0 Å². The van der Waals surface area contributed by atoms with E-state index in [0.717, 1.165) is 12.8 Å². The molecule has 0 aliphatic heterocycles. The highest BCUT2D eigenvalue weighted by Gasteiger charge is 2.24. The summed E-state index contributed by atoms with van der Waals surface area (Å²) in [6.07, 6.45) is 5.82. The number of likely N-dealkylation sites (N-methyl/N-ethyl adjacent to an activating group) is 1. The van der Waals surface area contributed by atoms with Gasteiger partial charge in [-0.15, -0.1) is 0 Å². The van der Waals surface area contributed by atoms with Crippen LogP contribution in [0.15, 0.2) is 24.3 Å². The molecule has 1 amide bonds. The Morgan fingerprint density at radius 2 is 2.44 bits per heavy atom. The number of amides is 1. The molecule has 0 bridgehead atoms. The largest absolute Gasteiger partial charge is 0.349 e. The fourth-order valence-electron chi connectivity index (χ4n) is 1.63. The minimum Gasteiger partial charge on any atom is -0.349 e. The first kappa shape index (κ1) is 12.8. The molecule has 1 fully saturated rings. The monoisotopic (exact) mass is 252 g/mol. The summed E-state index contributed by atoms with van der Waals surface area (Å²) in [6, 6.07) is 0.325. The molecule has 0 unspecified atom stereocenters. The van der Waals surface area contributed by atoms with E-state index in [1.807, 2.05) is 0 Å². The maximum atomic E-state index is 12.6. The van der Waals surface area contributed by atoms with E-state index in [-0.39, 0.29) is 5.91 Å². The molecule has 0 spiro atoms. The molecule has 1 aliphatic carbocycles. The smallest absolute Gasteiger partial charge is 0.254 e. The van der Waals surface area contributed by atoms with Gasteiger partial charge in [0, 0.05) is 18.8 Å². The highest BCUT2D eigenvalue weighted by molar-refractivity contribution is 5.94. The van der Waals surface area contributed by atoms with Crippen molar-refractivity contribution < 1.29 is 9.18 Å². The second-order valence-corrected chi connectivity index (χ2v) is 4.47. The first-order valence-corrected chi connectivity index (χ1v) is 5.99. The third-order valence-corrected chi connectivity index (χ3v) is 2.73. The zero-order valence-electron chi connectivity index (χ0n) is 10.3. The Kier molecular flexibility index (Phi) is 4.09. The van der Waals surface area contributed by atoms with Gasteiger partial charge in [0.25, 0.3) is 5.91 Å². The van der Waals surface area contributed by atoms with Gasteiger partial charge in [-0.3, -0.25) is 9.48 Å². The number of halogens is 1. The van der Waals surface area contributed by atoms with Crippen LogP contribution in [0.1, 0.15) is 23.2 Å². The minimum atomic E-state index is -0.108. The zero-order chi connectivity index (χ0) is 13.0. The maximum absolute atomic E-state index is 12.6. The average Bonchev–Trinajstić information content (AvgIpc) is 3.05. The lowest BCUT2D eigenvalue weighted by Crippen LogP contribution is -2.24. The van der Waals surface area contributed by atoms with Crippen LogP contribution in [-0.2, 0) is 6.54 Å². The van der Waals surface area contributed by atoms with Gasteiger partial charge in [0.1, 0.15) is 0 Å². The molecule has 6 heteroatoms. The molecule has 0 aromatic carbocycles. The highest BCUT2D eigenvalue weighted by Crippen LogP contribution is 2.19. The second kappa shape index (κ2) is 5.77. The summed E-state index contributed by atoms with van der Waals surface area (Å²) < 4.78 is 14.1. The summed E-state index contributed by atoms with van der Waals surface area (Å²) in [6.45, 7) is 0.800. The molecule has 1 aliphatic rings. The Morgan fingerprint density at radius 1 is 1.67 bits per heavy atom. The van der Waals surface area contributed by atoms with Crippen molar-refractivity contribution in [3.05, 3.63) is 29.9 Å². The van der Waals surface area contributed by atoms with Crippen molar-refractivity contribution >= 4 is 5.91 Å². The minimum absolute atomic E-state index is 0.108. The molecule has 5 nitrogen and oxygen atoms in total. The van der Waals surface area contributed by atoms with Gasteiger partial charge < -0.3 is 10.6 Å². The zero-order valence-corrected chi connectivity index (χ0v) is 10.3. The normalized spacial score (nSPS) is 15.8. The molecule has 2 rings (SSSR count). The van der Waals surface area contributed by atoms with Gasteiger partial charge in [-0.25, -0.2) is 4.39 Å². The van der Waals surface area contributed by atoms with Crippen LogP contribution in [0.5, 0.6) is 0 Å². The standard InChI is InChI=1S/C12H17FN4O/c1-14-5-9(4-13)7-17-8-10(6-15-17)12(18)16-11-2-3-11/h4,6,8,11,14H,2-3,5,7H2,1H3,(H,16,18)/b9-4+. The Bertz CT molecular complexity index is 451. The molecule has 1 aromatic heterocycles. The van der Waals surface area contributed by atoms with E-state index in [1.54, 1.807) is 17.9 Å². The number of hydrogen-bond acceptors (Lipinski definition) is 3. The molecule has 0 saturated heterocycles. The predicted octanol–water partition coefficient (Wildman–Crippen LogP) is 0.848. The maximum Gasteiger partial charge on any atom is 0.254 e. The lowest BCUT2D eigenvalue weighted by atomic mass is 10.3. The lowest BCUT2D eigenvalue weighted by molar-refractivity contribution is 0.0951. The van der Waals surface area contributed by atoms with Crippen molar-refractivity contribution in [2.75, 3.05) is 13.6 Å². The van der Waals surface area contributed by atoms with Crippen LogP contribution in [0.25, 0.3) is 0 Å². The number of hydrogen-bond donors (Lipinski definition) is 2. The molecule has 98 valence electrons. The Morgan fingerprint density at radius 3 is 3.06 bits per heavy atom. The van der Waals surface area contributed by atoms with E-state index in [0.29, 0.717) is 36.6 Å². The molecule has 18 heavy (non-hydrogen) atoms. The third kappa shape index (κ3) is 3.40. The van der Waals surface area contributed by atoms with E-state index < -0.39 is 0 Å². The van der Waals surface area contributed by atoms with Crippen LogP contribution < -0.4 is 10.6 Å². The number of nitrogens with zero attached hydrogens (tertiary/aromatic N) is 2. The van der Waals surface area contributed by atoms with Gasteiger partial charge in [-0.1, -0.05) is 0 Å². The Labute approximate surface area is 105 Å². The van der Waals surface area contributed by atoms with Gasteiger partial charge in [-0.2, -0.15) is 5.10 Å². The Hall–Kier alpha value is -1.69. The van der Waals surface area contributed by atoms with Crippen molar-refractivity contribution in [3.63, 3.8) is 0 Å². The molecular weight excluding hydrogens is 235 g/mol. The van der Waals surface area contributed by atoms with E-state index in [9.17, 15) is 9.18 Å². The summed E-state index contributed by atoms with van der Waals surface area (Å²) in [5.41, 5.74) is 1.10. The molecular formula is C12H17FN4O. The number of rotatable bonds is 6. The van der Waals surface area contributed by atoms with E-state index in [2.05, 4.69) is 15.7 Å². The third-order valence-electron chi connectivity index (χ3n) is 2.73. The Balaban J connectivity index is 1.94. The summed E-state index contributed by atoms with van der Waals surface area (Å²) in [4.78, 5) is 11.7. The number of carbonyl (C=O) groups is 1. The van der Waals surface area contributed by atoms with E-state index in [4.69, 9.17) is 0 Å². The van der Waals surface area contributed by atoms with Crippen molar-refractivity contribution in [2.24, 2.45) is 0 Å². The quantitative estimate of drug-likeness (QED) is 0.789. The molecule has 2 N–H and O–H groups in total. The van der Waals surface area contributed by atoms with Crippen molar-refractivity contribution in [2.45, 2.75) is 25.4 Å². The van der Waals surface area contributed by atoms with Gasteiger partial charge in [0.2, 0.25) is 0 Å². The van der Waals surface area contributed by atoms with E-state index in [1.165, 1.54) is 6.20 Å². The molecule has 0 atom stereocenters. The first-order chi connectivity index (χ1) is 8.72. The number of carbonyl (C=O) groups excluding carboxylic acids is 1. The second-order valence-electron chi connectivity index (χ2n) is 4.47. The fourth-order valence-corrected chi connectivity index (χ4v) is 1.63. The van der Waals surface area contributed by atoms with Crippen molar-refractivity contribution in [3.8, 4) is 0 Å². The number of aromatic nitrogens is 2. The summed E-state index contributed by atoms with van der Waals surface area (Å²) in [5.74, 6) is -0.108. The van der Waals surface area contributed by atoms with Crippen LogP contribution in [0, 0.1) is 0 Å². The van der Waals surface area contributed by atoms with Gasteiger partial charge in [-0.05, 0) is 25.5 Å². The van der Waals surface area contributed by atoms with Crippen LogP contribution in [0.2, 0.25) is 0 Å². The topological polar surface area (TPSA) is 59.0 Å². The van der Waals surface area contributed by atoms with E-state index >= 15 is 0 Å². The summed E-state index contributed by atoms with van der Waals surface area (Å²) in [7, 11) is 1.75.